The predicted octanol–water partition coefficient (Wildman–Crippen LogP) is 5.80. The highest BCUT2D eigenvalue weighted by Gasteiger charge is 2.13. The molecule has 0 radical (unpaired) electrons. The van der Waals surface area contributed by atoms with Crippen molar-refractivity contribution in [1.82, 2.24) is 0 Å². The van der Waals surface area contributed by atoms with Gasteiger partial charge in [0.15, 0.2) is 0 Å². The van der Waals surface area contributed by atoms with Gasteiger partial charge in [-0.25, -0.2) is 0 Å². The number of ether oxygens (including phenoxy) is 1. The number of methoxy groups -OCH3 is 1. The van der Waals surface area contributed by atoms with Crippen LogP contribution >= 0.6 is 0 Å². The second kappa shape index (κ2) is 7.04. The molecule has 0 aliphatic heterocycles. The Balaban J connectivity index is 2.34. The summed E-state index contributed by atoms with van der Waals surface area (Å²) in [7, 11) is 1.76. The quantitative estimate of drug-likeness (QED) is 0.693. The summed E-state index contributed by atoms with van der Waals surface area (Å²) < 4.78 is 5.62. The van der Waals surface area contributed by atoms with Gasteiger partial charge in [0.2, 0.25) is 0 Å². The highest BCUT2D eigenvalue weighted by molar-refractivity contribution is 5.66. The van der Waals surface area contributed by atoms with Crippen molar-refractivity contribution in [3.63, 3.8) is 0 Å². The van der Waals surface area contributed by atoms with Gasteiger partial charge in [-0.1, -0.05) is 35.9 Å². The first-order chi connectivity index (χ1) is 10.9. The molecule has 0 bridgehead atoms. The molecule has 23 heavy (non-hydrogen) atoms. The fraction of sp³-hybridized carbons (Fsp3) is 0.364. The van der Waals surface area contributed by atoms with Gasteiger partial charge in [0.05, 0.1) is 7.11 Å². The van der Waals surface area contributed by atoms with Crippen LogP contribution in [0.15, 0.2) is 24.3 Å². The number of aryl methyl sites for hydroxylation is 2. The van der Waals surface area contributed by atoms with Crippen LogP contribution in [0.25, 0.3) is 6.08 Å². The fourth-order valence-corrected chi connectivity index (χ4v) is 3.27. The number of rotatable bonds is 4. The van der Waals surface area contributed by atoms with E-state index in [9.17, 15) is 0 Å². The average Bonchev–Trinajstić information content (AvgIpc) is 2.51. The van der Waals surface area contributed by atoms with Crippen molar-refractivity contribution in [3.05, 3.63) is 68.8 Å². The lowest BCUT2D eigenvalue weighted by Crippen LogP contribution is -2.00. The first kappa shape index (κ1) is 17.3. The lowest BCUT2D eigenvalue weighted by atomic mass is 9.92. The molecule has 0 saturated heterocycles. The molecule has 0 aliphatic carbocycles. The van der Waals surface area contributed by atoms with Crippen molar-refractivity contribution >= 4 is 6.08 Å². The molecule has 0 unspecified atom stereocenters. The summed E-state index contributed by atoms with van der Waals surface area (Å²) in [6.45, 7) is 13.0. The SMILES string of the molecule is COc1c(C)c(C)c(C)c(C=CCc2ccc(C)cc2C)c1C. The maximum atomic E-state index is 5.62. The van der Waals surface area contributed by atoms with Gasteiger partial charge >= 0.3 is 0 Å². The maximum Gasteiger partial charge on any atom is 0.125 e. The third kappa shape index (κ3) is 3.50. The van der Waals surface area contributed by atoms with Gasteiger partial charge in [-0.2, -0.15) is 0 Å². The molecule has 2 aromatic rings. The summed E-state index contributed by atoms with van der Waals surface area (Å²) in [5.41, 5.74) is 10.5. The Hall–Kier alpha value is -2.02. The van der Waals surface area contributed by atoms with E-state index in [1.165, 1.54) is 44.5 Å². The molecule has 2 rings (SSSR count). The molecule has 1 heteroatoms. The molecule has 0 saturated carbocycles. The van der Waals surface area contributed by atoms with Crippen molar-refractivity contribution in [2.75, 3.05) is 7.11 Å². The first-order valence-electron chi connectivity index (χ1n) is 8.23. The zero-order chi connectivity index (χ0) is 17.1. The summed E-state index contributed by atoms with van der Waals surface area (Å²) in [4.78, 5) is 0. The molecule has 0 spiro atoms. The van der Waals surface area contributed by atoms with Gasteiger partial charge in [-0.05, 0) is 86.9 Å². The minimum atomic E-state index is 0.959. The maximum absolute atomic E-state index is 5.62. The van der Waals surface area contributed by atoms with Gasteiger partial charge in [-0.15, -0.1) is 0 Å². The second-order valence-electron chi connectivity index (χ2n) is 6.48. The molecule has 0 N–H and O–H groups in total. The largest absolute Gasteiger partial charge is 0.496 e. The molecule has 0 atom stereocenters. The van der Waals surface area contributed by atoms with Crippen LogP contribution in [0.4, 0.5) is 0 Å². The van der Waals surface area contributed by atoms with Crippen LogP contribution in [-0.4, -0.2) is 7.11 Å². The van der Waals surface area contributed by atoms with Crippen LogP contribution in [0.2, 0.25) is 0 Å². The smallest absolute Gasteiger partial charge is 0.125 e. The van der Waals surface area contributed by atoms with Crippen LogP contribution in [0.5, 0.6) is 5.75 Å². The molecule has 0 fully saturated rings. The van der Waals surface area contributed by atoms with Crippen molar-refractivity contribution in [2.24, 2.45) is 0 Å². The second-order valence-corrected chi connectivity index (χ2v) is 6.48. The van der Waals surface area contributed by atoms with E-state index in [1.54, 1.807) is 7.11 Å². The third-order valence-corrected chi connectivity index (χ3v) is 4.94. The Bertz CT molecular complexity index is 751. The monoisotopic (exact) mass is 308 g/mol. The molecule has 0 heterocycles. The van der Waals surface area contributed by atoms with Crippen LogP contribution < -0.4 is 4.74 Å². The zero-order valence-corrected chi connectivity index (χ0v) is 15.5. The number of hydrogen-bond donors (Lipinski definition) is 0. The topological polar surface area (TPSA) is 9.23 Å². The van der Waals surface area contributed by atoms with Crippen molar-refractivity contribution < 1.29 is 4.74 Å². The van der Waals surface area contributed by atoms with Crippen molar-refractivity contribution in [1.29, 1.82) is 0 Å². The minimum Gasteiger partial charge on any atom is -0.496 e. The highest BCUT2D eigenvalue weighted by atomic mass is 16.5. The molecule has 0 amide bonds. The van der Waals surface area contributed by atoms with Crippen LogP contribution in [0.3, 0.4) is 0 Å². The Kier molecular flexibility index (Phi) is 5.30. The van der Waals surface area contributed by atoms with E-state index in [0.717, 1.165) is 12.2 Å². The van der Waals surface area contributed by atoms with Crippen molar-refractivity contribution in [3.8, 4) is 5.75 Å². The van der Waals surface area contributed by atoms with Gasteiger partial charge in [0.1, 0.15) is 5.75 Å². The molecular formula is C22H28O. The third-order valence-electron chi connectivity index (χ3n) is 4.94. The summed E-state index contributed by atoms with van der Waals surface area (Å²) in [6, 6.07) is 6.67. The molecule has 2 aromatic carbocycles. The summed E-state index contributed by atoms with van der Waals surface area (Å²) in [5, 5.41) is 0. The van der Waals surface area contributed by atoms with E-state index >= 15 is 0 Å². The van der Waals surface area contributed by atoms with Gasteiger partial charge in [0, 0.05) is 0 Å². The van der Waals surface area contributed by atoms with Gasteiger partial charge in [0.25, 0.3) is 0 Å². The van der Waals surface area contributed by atoms with E-state index in [0.29, 0.717) is 0 Å². The van der Waals surface area contributed by atoms with Crippen LogP contribution in [0.1, 0.15) is 44.5 Å². The lowest BCUT2D eigenvalue weighted by molar-refractivity contribution is 0.408. The van der Waals surface area contributed by atoms with Crippen LogP contribution in [-0.2, 0) is 6.42 Å². The first-order valence-corrected chi connectivity index (χ1v) is 8.23. The normalized spacial score (nSPS) is 11.3. The van der Waals surface area contributed by atoms with E-state index in [2.05, 4.69) is 71.9 Å². The Morgan fingerprint density at radius 1 is 0.870 bits per heavy atom. The van der Waals surface area contributed by atoms with Crippen LogP contribution in [0, 0.1) is 41.5 Å². The molecular weight excluding hydrogens is 280 g/mol. The summed E-state index contributed by atoms with van der Waals surface area (Å²) in [6.07, 6.45) is 5.47. The summed E-state index contributed by atoms with van der Waals surface area (Å²) >= 11 is 0. The Morgan fingerprint density at radius 3 is 2.17 bits per heavy atom. The van der Waals surface area contributed by atoms with E-state index < -0.39 is 0 Å². The fourth-order valence-electron chi connectivity index (χ4n) is 3.27. The van der Waals surface area contributed by atoms with E-state index in [1.807, 2.05) is 0 Å². The highest BCUT2D eigenvalue weighted by Crippen LogP contribution is 2.33. The van der Waals surface area contributed by atoms with Crippen molar-refractivity contribution in [2.45, 2.75) is 48.0 Å². The Morgan fingerprint density at radius 2 is 1.57 bits per heavy atom. The Labute approximate surface area is 141 Å². The van der Waals surface area contributed by atoms with E-state index in [4.69, 9.17) is 4.74 Å². The van der Waals surface area contributed by atoms with Gasteiger partial charge < -0.3 is 4.74 Å². The standard InChI is InChI=1S/C22H28O/c1-14-11-12-20(15(2)13-14)9-8-10-21-17(4)16(3)18(5)22(23-7)19(21)6/h8,10-13H,9H2,1-7H3. The average molecular weight is 308 g/mol. The lowest BCUT2D eigenvalue weighted by Gasteiger charge is -2.17. The van der Waals surface area contributed by atoms with E-state index in [-0.39, 0.29) is 0 Å². The predicted molar refractivity (Wildman–Crippen MR) is 101 cm³/mol. The molecule has 0 aromatic heterocycles. The molecule has 0 aliphatic rings. The summed E-state index contributed by atoms with van der Waals surface area (Å²) in [5.74, 6) is 1.01. The number of hydrogen-bond acceptors (Lipinski definition) is 1. The number of benzene rings is 2. The minimum absolute atomic E-state index is 0.959. The zero-order valence-electron chi connectivity index (χ0n) is 15.5. The molecule has 122 valence electrons. The number of allylic oxidation sites excluding steroid dienone is 1. The van der Waals surface area contributed by atoms with Gasteiger partial charge in [-0.3, -0.25) is 0 Å². The molecule has 1 nitrogen and oxygen atoms in total.